The second-order valence-electron chi connectivity index (χ2n) is 5.06. The monoisotopic (exact) mass is 260 g/mol. The van der Waals surface area contributed by atoms with Gasteiger partial charge in [0, 0.05) is 19.6 Å². The summed E-state index contributed by atoms with van der Waals surface area (Å²) in [6, 6.07) is 8.39. The quantitative estimate of drug-likeness (QED) is 0.737. The van der Waals surface area contributed by atoms with Crippen LogP contribution in [0.5, 0.6) is 0 Å². The lowest BCUT2D eigenvalue weighted by atomic mass is 10.2. The summed E-state index contributed by atoms with van der Waals surface area (Å²) in [6.45, 7) is 3.56. The zero-order valence-electron chi connectivity index (χ0n) is 11.8. The van der Waals surface area contributed by atoms with Crippen molar-refractivity contribution in [3.63, 3.8) is 0 Å². The number of para-hydroxylation sites is 2. The highest BCUT2D eigenvalue weighted by atomic mass is 16.2. The van der Waals surface area contributed by atoms with Crippen LogP contribution in [0.15, 0.2) is 24.3 Å². The molecule has 1 heterocycles. The largest absolute Gasteiger partial charge is 0.396 e. The Hall–Kier alpha value is -1.35. The molecule has 0 bridgehead atoms. The fourth-order valence-electron chi connectivity index (χ4n) is 2.52. The van der Waals surface area contributed by atoms with E-state index in [4.69, 9.17) is 10.1 Å². The van der Waals surface area contributed by atoms with Gasteiger partial charge in [-0.3, -0.25) is 0 Å². The van der Waals surface area contributed by atoms with Crippen molar-refractivity contribution in [1.82, 2.24) is 9.55 Å². The van der Waals surface area contributed by atoms with Gasteiger partial charge in [0.05, 0.1) is 11.0 Å². The molecule has 3 nitrogen and oxygen atoms in total. The van der Waals surface area contributed by atoms with Crippen molar-refractivity contribution < 1.29 is 5.11 Å². The number of unbranched alkanes of at least 4 members (excludes halogenated alkanes) is 3. The van der Waals surface area contributed by atoms with E-state index in [0.717, 1.165) is 44.2 Å². The molecule has 104 valence electrons. The number of aliphatic hydroxyl groups is 1. The van der Waals surface area contributed by atoms with Crippen molar-refractivity contribution >= 4 is 11.0 Å². The number of nitrogens with zero attached hydrogens (tertiary/aromatic N) is 2. The predicted molar refractivity (Wildman–Crippen MR) is 79.3 cm³/mol. The first-order chi connectivity index (χ1) is 9.36. The van der Waals surface area contributed by atoms with Crippen LogP contribution >= 0.6 is 0 Å². The maximum Gasteiger partial charge on any atom is 0.109 e. The van der Waals surface area contributed by atoms with Crippen LogP contribution in [0.25, 0.3) is 11.0 Å². The summed E-state index contributed by atoms with van der Waals surface area (Å²) in [5, 5.41) is 8.79. The van der Waals surface area contributed by atoms with Gasteiger partial charge in [0.15, 0.2) is 0 Å². The second kappa shape index (κ2) is 7.29. The van der Waals surface area contributed by atoms with Gasteiger partial charge in [0.2, 0.25) is 0 Å². The highest BCUT2D eigenvalue weighted by molar-refractivity contribution is 5.75. The van der Waals surface area contributed by atoms with E-state index < -0.39 is 0 Å². The van der Waals surface area contributed by atoms with E-state index in [1.165, 1.54) is 17.8 Å². The molecule has 0 aliphatic rings. The third-order valence-electron chi connectivity index (χ3n) is 3.50. The molecule has 19 heavy (non-hydrogen) atoms. The molecule has 0 atom stereocenters. The van der Waals surface area contributed by atoms with Crippen LogP contribution in [0.2, 0.25) is 0 Å². The number of hydrogen-bond donors (Lipinski definition) is 1. The van der Waals surface area contributed by atoms with Crippen LogP contribution in [-0.2, 0) is 13.0 Å². The number of aryl methyl sites for hydroxylation is 2. The van der Waals surface area contributed by atoms with Gasteiger partial charge in [0.1, 0.15) is 5.82 Å². The van der Waals surface area contributed by atoms with Crippen LogP contribution < -0.4 is 0 Å². The standard InChI is InChI=1S/C16H24N2O/c1-2-9-16-17-14-10-5-6-11-15(14)18(16)12-7-3-4-8-13-19/h5-6,10-11,19H,2-4,7-9,12-13H2,1H3. The van der Waals surface area contributed by atoms with E-state index in [1.807, 2.05) is 0 Å². The molecule has 0 spiro atoms. The smallest absolute Gasteiger partial charge is 0.109 e. The van der Waals surface area contributed by atoms with Crippen LogP contribution in [0.3, 0.4) is 0 Å². The molecule has 0 aliphatic heterocycles. The zero-order chi connectivity index (χ0) is 13.5. The Bertz CT molecular complexity index is 504. The summed E-state index contributed by atoms with van der Waals surface area (Å²) < 4.78 is 2.37. The molecule has 1 aromatic heterocycles. The third kappa shape index (κ3) is 3.57. The highest BCUT2D eigenvalue weighted by Gasteiger charge is 2.08. The Labute approximate surface area is 115 Å². The van der Waals surface area contributed by atoms with Crippen LogP contribution in [-0.4, -0.2) is 21.3 Å². The Kier molecular flexibility index (Phi) is 5.40. The molecule has 3 heteroatoms. The van der Waals surface area contributed by atoms with E-state index in [1.54, 1.807) is 0 Å². The lowest BCUT2D eigenvalue weighted by Gasteiger charge is -2.08. The summed E-state index contributed by atoms with van der Waals surface area (Å²) in [5.74, 6) is 1.21. The highest BCUT2D eigenvalue weighted by Crippen LogP contribution is 2.18. The van der Waals surface area contributed by atoms with Crippen LogP contribution in [0.4, 0.5) is 0 Å². The Morgan fingerprint density at radius 3 is 2.68 bits per heavy atom. The first kappa shape index (κ1) is 14.1. The normalized spacial score (nSPS) is 11.3. The Balaban J connectivity index is 2.08. The summed E-state index contributed by atoms with van der Waals surface area (Å²) in [5.41, 5.74) is 2.37. The van der Waals surface area contributed by atoms with Crippen molar-refractivity contribution in [3.05, 3.63) is 30.1 Å². The van der Waals surface area contributed by atoms with Crippen molar-refractivity contribution in [2.45, 2.75) is 52.0 Å². The first-order valence-corrected chi connectivity index (χ1v) is 7.41. The fraction of sp³-hybridized carbons (Fsp3) is 0.562. The van der Waals surface area contributed by atoms with Crippen molar-refractivity contribution in [2.75, 3.05) is 6.61 Å². The SMILES string of the molecule is CCCc1nc2ccccc2n1CCCCCCO. The van der Waals surface area contributed by atoms with Gasteiger partial charge in [-0.2, -0.15) is 0 Å². The van der Waals surface area contributed by atoms with Crippen LogP contribution in [0, 0.1) is 0 Å². The molecule has 2 rings (SSSR count). The second-order valence-corrected chi connectivity index (χ2v) is 5.06. The molecule has 0 radical (unpaired) electrons. The van der Waals surface area contributed by atoms with Gasteiger partial charge in [-0.1, -0.05) is 31.9 Å². The minimum atomic E-state index is 0.315. The summed E-state index contributed by atoms with van der Waals surface area (Å²) >= 11 is 0. The number of aliphatic hydroxyl groups excluding tert-OH is 1. The zero-order valence-corrected chi connectivity index (χ0v) is 11.8. The number of rotatable bonds is 8. The number of hydrogen-bond acceptors (Lipinski definition) is 2. The van der Waals surface area contributed by atoms with Crippen LogP contribution in [0.1, 0.15) is 44.9 Å². The number of fused-ring (bicyclic) bond motifs is 1. The average Bonchev–Trinajstić information content (AvgIpc) is 2.77. The molecular weight excluding hydrogens is 236 g/mol. The summed E-state index contributed by atoms with van der Waals surface area (Å²) in [6.07, 6.45) is 6.56. The van der Waals surface area contributed by atoms with Gasteiger partial charge in [0.25, 0.3) is 0 Å². The molecule has 0 saturated carbocycles. The number of aromatic nitrogens is 2. The van der Waals surface area contributed by atoms with Gasteiger partial charge in [-0.25, -0.2) is 4.98 Å². The topological polar surface area (TPSA) is 38.0 Å². The van der Waals surface area contributed by atoms with Crippen molar-refractivity contribution in [1.29, 1.82) is 0 Å². The predicted octanol–water partition coefficient (Wildman–Crippen LogP) is 3.54. The lowest BCUT2D eigenvalue weighted by molar-refractivity contribution is 0.282. The minimum Gasteiger partial charge on any atom is -0.396 e. The van der Waals surface area contributed by atoms with E-state index in [9.17, 15) is 0 Å². The molecule has 0 saturated heterocycles. The van der Waals surface area contributed by atoms with Gasteiger partial charge >= 0.3 is 0 Å². The molecule has 1 aromatic carbocycles. The molecule has 1 N–H and O–H groups in total. The molecule has 2 aromatic rings. The molecular formula is C16H24N2O. The maximum atomic E-state index is 8.79. The van der Waals surface area contributed by atoms with Gasteiger partial charge < -0.3 is 9.67 Å². The van der Waals surface area contributed by atoms with E-state index in [2.05, 4.69) is 35.8 Å². The van der Waals surface area contributed by atoms with Crippen molar-refractivity contribution in [3.8, 4) is 0 Å². The molecule has 0 unspecified atom stereocenters. The lowest BCUT2D eigenvalue weighted by Crippen LogP contribution is -2.04. The molecule has 0 aliphatic carbocycles. The third-order valence-corrected chi connectivity index (χ3v) is 3.50. The Morgan fingerprint density at radius 2 is 1.89 bits per heavy atom. The van der Waals surface area contributed by atoms with Gasteiger partial charge in [-0.05, 0) is 31.4 Å². The summed E-state index contributed by atoms with van der Waals surface area (Å²) in [7, 11) is 0. The fourth-order valence-corrected chi connectivity index (χ4v) is 2.52. The first-order valence-electron chi connectivity index (χ1n) is 7.41. The van der Waals surface area contributed by atoms with E-state index in [0.29, 0.717) is 6.61 Å². The number of imidazole rings is 1. The molecule has 0 fully saturated rings. The minimum absolute atomic E-state index is 0.315. The van der Waals surface area contributed by atoms with Crippen molar-refractivity contribution in [2.24, 2.45) is 0 Å². The van der Waals surface area contributed by atoms with Gasteiger partial charge in [-0.15, -0.1) is 0 Å². The maximum absolute atomic E-state index is 8.79. The van der Waals surface area contributed by atoms with E-state index >= 15 is 0 Å². The number of benzene rings is 1. The average molecular weight is 260 g/mol. The van der Waals surface area contributed by atoms with E-state index in [-0.39, 0.29) is 0 Å². The molecule has 0 amide bonds. The summed E-state index contributed by atoms with van der Waals surface area (Å²) in [4.78, 5) is 4.74. The Morgan fingerprint density at radius 1 is 1.11 bits per heavy atom.